The lowest BCUT2D eigenvalue weighted by Gasteiger charge is -2.23. The molecule has 158 valence electrons. The SMILES string of the molecule is O=C(c1cc2c(F)cccc2s1)N1CCCN(c2ncc(C(F)(F)F)cc2Cl)CC1. The summed E-state index contributed by atoms with van der Waals surface area (Å²) in [4.78, 5) is 20.7. The van der Waals surface area contributed by atoms with Crippen LogP contribution in [0, 0.1) is 5.82 Å². The number of aromatic nitrogens is 1. The van der Waals surface area contributed by atoms with Gasteiger partial charge >= 0.3 is 6.18 Å². The van der Waals surface area contributed by atoms with E-state index in [1.54, 1.807) is 28.0 Å². The van der Waals surface area contributed by atoms with E-state index < -0.39 is 11.7 Å². The van der Waals surface area contributed by atoms with Crippen molar-refractivity contribution in [2.45, 2.75) is 12.6 Å². The lowest BCUT2D eigenvalue weighted by Crippen LogP contribution is -2.35. The van der Waals surface area contributed by atoms with Gasteiger partial charge in [-0.3, -0.25) is 4.79 Å². The fourth-order valence-corrected chi connectivity index (χ4v) is 4.77. The summed E-state index contributed by atoms with van der Waals surface area (Å²) in [5.74, 6) is -0.292. The van der Waals surface area contributed by atoms with E-state index in [4.69, 9.17) is 11.6 Å². The molecule has 1 saturated heterocycles. The number of pyridine rings is 1. The largest absolute Gasteiger partial charge is 0.417 e. The van der Waals surface area contributed by atoms with E-state index in [9.17, 15) is 22.4 Å². The minimum atomic E-state index is -4.51. The van der Waals surface area contributed by atoms with Crippen molar-refractivity contribution in [3.8, 4) is 0 Å². The topological polar surface area (TPSA) is 36.4 Å². The highest BCUT2D eigenvalue weighted by atomic mass is 35.5. The van der Waals surface area contributed by atoms with Crippen molar-refractivity contribution in [3.63, 3.8) is 0 Å². The van der Waals surface area contributed by atoms with Crippen LogP contribution in [0.1, 0.15) is 21.7 Å². The molecule has 4 nitrogen and oxygen atoms in total. The van der Waals surface area contributed by atoms with Crippen LogP contribution in [0.25, 0.3) is 10.1 Å². The Kier molecular flexibility index (Phi) is 5.59. The zero-order valence-corrected chi connectivity index (χ0v) is 17.1. The monoisotopic (exact) mass is 457 g/mol. The molecule has 0 saturated carbocycles. The van der Waals surface area contributed by atoms with Gasteiger partial charge in [-0.25, -0.2) is 9.37 Å². The molecule has 0 spiro atoms. The number of alkyl halides is 3. The number of amides is 1. The average Bonchev–Trinajstić information content (AvgIpc) is 2.99. The summed E-state index contributed by atoms with van der Waals surface area (Å²) in [6.45, 7) is 1.71. The van der Waals surface area contributed by atoms with Crippen LogP contribution in [0.15, 0.2) is 36.5 Å². The number of carbonyl (C=O) groups excluding carboxylic acids is 1. The van der Waals surface area contributed by atoms with Gasteiger partial charge in [0.15, 0.2) is 0 Å². The molecule has 1 aliphatic heterocycles. The van der Waals surface area contributed by atoms with Gasteiger partial charge in [0, 0.05) is 42.5 Å². The Morgan fingerprint density at radius 3 is 2.63 bits per heavy atom. The number of anilines is 1. The molecule has 1 amide bonds. The molecule has 1 fully saturated rings. The van der Waals surface area contributed by atoms with Crippen LogP contribution in [-0.4, -0.2) is 42.0 Å². The summed E-state index contributed by atoms with van der Waals surface area (Å²) in [7, 11) is 0. The Morgan fingerprint density at radius 2 is 1.93 bits per heavy atom. The van der Waals surface area contributed by atoms with Gasteiger partial charge in [-0.15, -0.1) is 11.3 Å². The Labute approximate surface area is 178 Å². The normalized spacial score (nSPS) is 15.5. The minimum Gasteiger partial charge on any atom is -0.354 e. The van der Waals surface area contributed by atoms with Crippen molar-refractivity contribution in [1.82, 2.24) is 9.88 Å². The third-order valence-electron chi connectivity index (χ3n) is 4.95. The molecule has 2 aromatic heterocycles. The van der Waals surface area contributed by atoms with Gasteiger partial charge in [-0.1, -0.05) is 17.7 Å². The average molecular weight is 458 g/mol. The van der Waals surface area contributed by atoms with Crippen LogP contribution in [0.4, 0.5) is 23.4 Å². The summed E-state index contributed by atoms with van der Waals surface area (Å²) < 4.78 is 53.1. The molecule has 1 aliphatic rings. The quantitative estimate of drug-likeness (QED) is 0.479. The Bertz CT molecular complexity index is 1100. The fraction of sp³-hybridized carbons (Fsp3) is 0.300. The van der Waals surface area contributed by atoms with Crippen LogP contribution in [0.3, 0.4) is 0 Å². The third-order valence-corrected chi connectivity index (χ3v) is 6.32. The molecule has 0 unspecified atom stereocenters. The Balaban J connectivity index is 1.50. The molecule has 0 N–H and O–H groups in total. The number of hydrogen-bond donors (Lipinski definition) is 0. The molecule has 30 heavy (non-hydrogen) atoms. The zero-order valence-electron chi connectivity index (χ0n) is 15.5. The van der Waals surface area contributed by atoms with Crippen molar-refractivity contribution in [2.75, 3.05) is 31.1 Å². The van der Waals surface area contributed by atoms with E-state index in [0.717, 1.165) is 12.3 Å². The predicted octanol–water partition coefficient (Wildman–Crippen LogP) is 5.46. The lowest BCUT2D eigenvalue weighted by molar-refractivity contribution is -0.137. The molecular weight excluding hydrogens is 442 g/mol. The van der Waals surface area contributed by atoms with Crippen LogP contribution in [-0.2, 0) is 6.18 Å². The molecule has 3 aromatic rings. The van der Waals surface area contributed by atoms with Gasteiger partial charge in [0.2, 0.25) is 0 Å². The van der Waals surface area contributed by atoms with Gasteiger partial charge < -0.3 is 9.80 Å². The first-order chi connectivity index (χ1) is 14.2. The summed E-state index contributed by atoms with van der Waals surface area (Å²) in [6, 6.07) is 7.15. The summed E-state index contributed by atoms with van der Waals surface area (Å²) in [5.41, 5.74) is -0.903. The van der Waals surface area contributed by atoms with Gasteiger partial charge in [-0.05, 0) is 30.7 Å². The number of rotatable bonds is 2. The van der Waals surface area contributed by atoms with E-state index in [-0.39, 0.29) is 22.6 Å². The smallest absolute Gasteiger partial charge is 0.354 e. The van der Waals surface area contributed by atoms with Gasteiger partial charge in [0.1, 0.15) is 11.6 Å². The van der Waals surface area contributed by atoms with E-state index >= 15 is 0 Å². The first-order valence-corrected chi connectivity index (χ1v) is 10.4. The van der Waals surface area contributed by atoms with Crippen molar-refractivity contribution >= 4 is 44.7 Å². The van der Waals surface area contributed by atoms with Crippen molar-refractivity contribution in [2.24, 2.45) is 0 Å². The Morgan fingerprint density at radius 1 is 1.13 bits per heavy atom. The molecule has 4 rings (SSSR count). The zero-order chi connectivity index (χ0) is 21.5. The number of fused-ring (bicyclic) bond motifs is 1. The highest BCUT2D eigenvalue weighted by molar-refractivity contribution is 7.20. The maximum absolute atomic E-state index is 13.9. The van der Waals surface area contributed by atoms with Crippen molar-refractivity contribution in [1.29, 1.82) is 0 Å². The molecule has 10 heteroatoms. The molecule has 0 bridgehead atoms. The van der Waals surface area contributed by atoms with Crippen LogP contribution >= 0.6 is 22.9 Å². The van der Waals surface area contributed by atoms with Gasteiger partial charge in [0.25, 0.3) is 5.91 Å². The first-order valence-electron chi connectivity index (χ1n) is 9.19. The highest BCUT2D eigenvalue weighted by Crippen LogP contribution is 2.34. The maximum atomic E-state index is 13.9. The molecule has 0 radical (unpaired) electrons. The van der Waals surface area contributed by atoms with Crippen LogP contribution in [0.2, 0.25) is 5.02 Å². The second kappa shape index (κ2) is 8.03. The highest BCUT2D eigenvalue weighted by Gasteiger charge is 2.32. The summed E-state index contributed by atoms with van der Waals surface area (Å²) in [5, 5.41) is 0.340. The molecule has 1 aromatic carbocycles. The summed E-state index contributed by atoms with van der Waals surface area (Å²) >= 11 is 7.30. The molecule has 0 atom stereocenters. The minimum absolute atomic E-state index is 0.0791. The number of nitrogens with zero attached hydrogens (tertiary/aromatic N) is 3. The van der Waals surface area contributed by atoms with Crippen LogP contribution < -0.4 is 4.90 Å². The number of hydrogen-bond acceptors (Lipinski definition) is 4. The second-order valence-electron chi connectivity index (χ2n) is 6.92. The standard InChI is InChI=1S/C20H16ClF4N3OS/c21-14-9-12(20(23,24)25)11-26-18(14)27-5-2-6-28(8-7-27)19(29)17-10-13-15(22)3-1-4-16(13)30-17/h1,3-4,9-11H,2,5-8H2. The van der Waals surface area contributed by atoms with Crippen molar-refractivity contribution in [3.05, 3.63) is 57.8 Å². The van der Waals surface area contributed by atoms with Crippen molar-refractivity contribution < 1.29 is 22.4 Å². The molecular formula is C20H16ClF4N3OS. The van der Waals surface area contributed by atoms with E-state index in [0.29, 0.717) is 47.6 Å². The third kappa shape index (κ3) is 4.09. The fourth-order valence-electron chi connectivity index (χ4n) is 3.44. The van der Waals surface area contributed by atoms with E-state index in [2.05, 4.69) is 4.98 Å². The van der Waals surface area contributed by atoms with E-state index in [1.165, 1.54) is 17.4 Å². The van der Waals surface area contributed by atoms with Crippen LogP contribution in [0.5, 0.6) is 0 Å². The van der Waals surface area contributed by atoms with E-state index in [1.807, 2.05) is 0 Å². The number of halogens is 5. The number of carbonyl (C=O) groups is 1. The predicted molar refractivity (Wildman–Crippen MR) is 109 cm³/mol. The lowest BCUT2D eigenvalue weighted by atomic mass is 10.2. The summed E-state index contributed by atoms with van der Waals surface area (Å²) in [6.07, 6.45) is -3.15. The Hall–Kier alpha value is -2.39. The molecule has 0 aliphatic carbocycles. The second-order valence-corrected chi connectivity index (χ2v) is 8.41. The number of benzene rings is 1. The maximum Gasteiger partial charge on any atom is 0.417 e. The van der Waals surface area contributed by atoms with Gasteiger partial charge in [-0.2, -0.15) is 13.2 Å². The molecule has 3 heterocycles. The van der Waals surface area contributed by atoms with Gasteiger partial charge in [0.05, 0.1) is 15.5 Å². The number of thiophene rings is 1. The first kappa shape index (κ1) is 20.9.